The molecule has 11 heteroatoms. The van der Waals surface area contributed by atoms with Crippen molar-refractivity contribution >= 4 is 32.7 Å². The Labute approximate surface area is 192 Å². The van der Waals surface area contributed by atoms with E-state index in [0.29, 0.717) is 48.1 Å². The molecule has 2 heterocycles. The van der Waals surface area contributed by atoms with Gasteiger partial charge in [0.15, 0.2) is 6.61 Å². The van der Waals surface area contributed by atoms with Crippen LogP contribution in [0.15, 0.2) is 47.4 Å². The van der Waals surface area contributed by atoms with E-state index in [2.05, 4.69) is 22.6 Å². The van der Waals surface area contributed by atoms with Crippen molar-refractivity contribution in [3.05, 3.63) is 42.5 Å². The van der Waals surface area contributed by atoms with Gasteiger partial charge in [-0.1, -0.05) is 23.9 Å². The molecule has 1 aliphatic heterocycles. The predicted molar refractivity (Wildman–Crippen MR) is 122 cm³/mol. The van der Waals surface area contributed by atoms with Gasteiger partial charge < -0.3 is 14.9 Å². The Morgan fingerprint density at radius 2 is 2.06 bits per heavy atom. The molecule has 1 N–H and O–H groups in total. The molecule has 0 saturated carbocycles. The second kappa shape index (κ2) is 9.75. The Hall–Kier alpha value is -3.18. The number of amides is 1. The van der Waals surface area contributed by atoms with Crippen molar-refractivity contribution in [2.24, 2.45) is 5.92 Å². The zero-order valence-electron chi connectivity index (χ0n) is 18.6. The van der Waals surface area contributed by atoms with E-state index in [1.807, 2.05) is 13.0 Å². The van der Waals surface area contributed by atoms with Gasteiger partial charge >= 0.3 is 0 Å². The van der Waals surface area contributed by atoms with Crippen LogP contribution < -0.4 is 14.9 Å². The first-order chi connectivity index (χ1) is 15.9. The van der Waals surface area contributed by atoms with Gasteiger partial charge in [-0.25, -0.2) is 8.42 Å². The summed E-state index contributed by atoms with van der Waals surface area (Å²) < 4.78 is 33.3. The van der Waals surface area contributed by atoms with Crippen LogP contribution in [0.3, 0.4) is 0 Å². The van der Waals surface area contributed by atoms with Gasteiger partial charge in [0.2, 0.25) is 10.0 Å². The Bertz CT molecular complexity index is 1240. The van der Waals surface area contributed by atoms with E-state index in [-0.39, 0.29) is 11.5 Å². The average Bonchev–Trinajstić information content (AvgIpc) is 3.21. The number of sulfonamides is 1. The summed E-state index contributed by atoms with van der Waals surface area (Å²) in [5.74, 6) is 0.456. The molecule has 0 bridgehead atoms. The van der Waals surface area contributed by atoms with Crippen LogP contribution in [0, 0.1) is 5.92 Å². The molecule has 1 unspecified atom stereocenters. The number of hydrogen-bond acceptors (Lipinski definition) is 7. The summed E-state index contributed by atoms with van der Waals surface area (Å²) in [6.07, 6.45) is 1.86. The molecule has 0 spiro atoms. The van der Waals surface area contributed by atoms with Crippen molar-refractivity contribution in [2.75, 3.05) is 31.6 Å². The normalized spacial score (nSPS) is 17.1. The standard InChI is InChI=1S/C22H27N5O5S/c1-3-31-21-9-5-4-8-19(21)23-22(28)15-32-27-20-13-17(10-11-18(20)24-25-27)33(29,30)26-12-6-7-16(2)14-26/h4-5,8-11,13,16H,3,6-7,12,14-15H2,1-2H3,(H,23,28). The molecule has 33 heavy (non-hydrogen) atoms. The number of carbonyl (C=O) groups excluding carboxylic acids is 1. The Morgan fingerprint density at radius 1 is 1.24 bits per heavy atom. The average molecular weight is 474 g/mol. The van der Waals surface area contributed by atoms with Gasteiger partial charge in [0.05, 0.1) is 17.2 Å². The Kier molecular flexibility index (Phi) is 6.80. The fourth-order valence-corrected chi connectivity index (χ4v) is 5.42. The van der Waals surface area contributed by atoms with Crippen LogP contribution >= 0.6 is 0 Å². The molecule has 1 saturated heterocycles. The van der Waals surface area contributed by atoms with Crippen molar-refractivity contribution in [1.82, 2.24) is 19.5 Å². The van der Waals surface area contributed by atoms with Crippen LogP contribution in [0.2, 0.25) is 0 Å². The van der Waals surface area contributed by atoms with Crippen LogP contribution in [0.5, 0.6) is 5.75 Å². The molecule has 3 aromatic rings. The summed E-state index contributed by atoms with van der Waals surface area (Å²) in [5.41, 5.74) is 1.35. The third-order valence-corrected chi connectivity index (χ3v) is 7.28. The second-order valence-corrected chi connectivity index (χ2v) is 9.91. The maximum absolute atomic E-state index is 13.1. The molecule has 1 fully saturated rings. The Morgan fingerprint density at radius 3 is 2.85 bits per heavy atom. The van der Waals surface area contributed by atoms with Crippen LogP contribution in [-0.4, -0.2) is 60.1 Å². The molecule has 2 aromatic carbocycles. The van der Waals surface area contributed by atoms with Gasteiger partial charge in [0, 0.05) is 13.1 Å². The van der Waals surface area contributed by atoms with Crippen molar-refractivity contribution in [2.45, 2.75) is 31.6 Å². The number of aromatic nitrogens is 3. The minimum atomic E-state index is -3.65. The summed E-state index contributed by atoms with van der Waals surface area (Å²) in [6.45, 7) is 5.03. The lowest BCUT2D eigenvalue weighted by atomic mass is 10.0. The van der Waals surface area contributed by atoms with Crippen molar-refractivity contribution in [3.63, 3.8) is 0 Å². The zero-order chi connectivity index (χ0) is 23.4. The number of anilines is 1. The van der Waals surface area contributed by atoms with E-state index in [1.54, 1.807) is 24.3 Å². The monoisotopic (exact) mass is 473 g/mol. The van der Waals surface area contributed by atoms with E-state index >= 15 is 0 Å². The third-order valence-electron chi connectivity index (χ3n) is 5.42. The lowest BCUT2D eigenvalue weighted by molar-refractivity contribution is -0.121. The molecular weight excluding hydrogens is 446 g/mol. The van der Waals surface area contributed by atoms with Crippen LogP contribution in [0.25, 0.3) is 11.0 Å². The number of nitrogens with one attached hydrogen (secondary N) is 1. The molecule has 0 radical (unpaired) electrons. The number of para-hydroxylation sites is 2. The highest BCUT2D eigenvalue weighted by atomic mass is 32.2. The number of carbonyl (C=O) groups is 1. The van der Waals surface area contributed by atoms with Gasteiger partial charge in [0.25, 0.3) is 5.91 Å². The van der Waals surface area contributed by atoms with E-state index in [0.717, 1.165) is 17.7 Å². The van der Waals surface area contributed by atoms with E-state index in [4.69, 9.17) is 9.57 Å². The number of hydrogen-bond donors (Lipinski definition) is 1. The minimum Gasteiger partial charge on any atom is -0.492 e. The van der Waals surface area contributed by atoms with Crippen LogP contribution in [0.4, 0.5) is 5.69 Å². The number of fused-ring (bicyclic) bond motifs is 1. The third kappa shape index (κ3) is 5.09. The highest BCUT2D eigenvalue weighted by Crippen LogP contribution is 2.26. The van der Waals surface area contributed by atoms with E-state index < -0.39 is 15.9 Å². The lowest BCUT2D eigenvalue weighted by Crippen LogP contribution is -2.39. The summed E-state index contributed by atoms with van der Waals surface area (Å²) in [4.78, 5) is 19.1. The van der Waals surface area contributed by atoms with E-state index in [9.17, 15) is 13.2 Å². The van der Waals surface area contributed by atoms with Gasteiger partial charge in [0.1, 0.15) is 16.8 Å². The largest absolute Gasteiger partial charge is 0.492 e. The maximum atomic E-state index is 13.1. The summed E-state index contributed by atoms with van der Waals surface area (Å²) in [6, 6.07) is 11.7. The molecule has 0 aliphatic carbocycles. The number of nitrogens with zero attached hydrogens (tertiary/aromatic N) is 4. The van der Waals surface area contributed by atoms with Crippen molar-refractivity contribution in [3.8, 4) is 5.75 Å². The van der Waals surface area contributed by atoms with Gasteiger partial charge in [-0.2, -0.15) is 4.31 Å². The van der Waals surface area contributed by atoms with Crippen LogP contribution in [-0.2, 0) is 14.8 Å². The second-order valence-electron chi connectivity index (χ2n) is 7.97. The number of rotatable bonds is 8. The highest BCUT2D eigenvalue weighted by Gasteiger charge is 2.29. The van der Waals surface area contributed by atoms with Crippen molar-refractivity contribution in [1.29, 1.82) is 0 Å². The Balaban J connectivity index is 1.48. The SMILES string of the molecule is CCOc1ccccc1NC(=O)COn1nnc2ccc(S(=O)(=O)N3CCCC(C)C3)cc21. The first kappa shape index (κ1) is 23.0. The molecule has 1 aromatic heterocycles. The summed E-state index contributed by atoms with van der Waals surface area (Å²) >= 11 is 0. The molecule has 1 aliphatic rings. The van der Waals surface area contributed by atoms with Crippen molar-refractivity contribution < 1.29 is 22.8 Å². The quantitative estimate of drug-likeness (QED) is 0.534. The first-order valence-corrected chi connectivity index (χ1v) is 12.3. The maximum Gasteiger partial charge on any atom is 0.265 e. The molecule has 1 amide bonds. The number of ether oxygens (including phenoxy) is 1. The minimum absolute atomic E-state index is 0.145. The smallest absolute Gasteiger partial charge is 0.265 e. The fourth-order valence-electron chi connectivity index (χ4n) is 3.80. The summed E-state index contributed by atoms with van der Waals surface area (Å²) in [5, 5.41) is 10.6. The molecular formula is C22H27N5O5S. The zero-order valence-corrected chi connectivity index (χ0v) is 19.4. The number of benzene rings is 2. The van der Waals surface area contributed by atoms with Gasteiger partial charge in [-0.15, -0.1) is 5.10 Å². The lowest BCUT2D eigenvalue weighted by Gasteiger charge is -2.30. The number of piperidine rings is 1. The van der Waals surface area contributed by atoms with Gasteiger partial charge in [-0.05, 0) is 61.2 Å². The first-order valence-electron chi connectivity index (χ1n) is 10.9. The molecule has 176 valence electrons. The molecule has 1 atom stereocenters. The molecule has 4 rings (SSSR count). The highest BCUT2D eigenvalue weighted by molar-refractivity contribution is 7.89. The fraction of sp³-hybridized carbons (Fsp3) is 0.409. The summed E-state index contributed by atoms with van der Waals surface area (Å²) in [7, 11) is -3.65. The molecule has 10 nitrogen and oxygen atoms in total. The van der Waals surface area contributed by atoms with Crippen LogP contribution in [0.1, 0.15) is 26.7 Å². The topological polar surface area (TPSA) is 116 Å². The van der Waals surface area contributed by atoms with E-state index in [1.165, 1.54) is 16.4 Å². The van der Waals surface area contributed by atoms with Gasteiger partial charge in [-0.3, -0.25) is 4.79 Å². The predicted octanol–water partition coefficient (Wildman–Crippen LogP) is 2.32.